The van der Waals surface area contributed by atoms with Gasteiger partial charge in [0.2, 0.25) is 0 Å². The summed E-state index contributed by atoms with van der Waals surface area (Å²) >= 11 is 5.87. The lowest BCUT2D eigenvalue weighted by Gasteiger charge is -2.09. The average molecular weight is 213 g/mol. The smallest absolute Gasteiger partial charge is 0.163 e. The third kappa shape index (κ3) is 2.07. The van der Waals surface area contributed by atoms with Gasteiger partial charge in [0, 0.05) is 22.6 Å². The summed E-state index contributed by atoms with van der Waals surface area (Å²) in [4.78, 5) is 11.5. The molecule has 0 unspecified atom stereocenters. The Hall–Kier alpha value is -1.02. The highest BCUT2D eigenvalue weighted by Gasteiger charge is 2.12. The fourth-order valence-electron chi connectivity index (χ4n) is 1.35. The number of Topliss-reactive ketones (excluding diaryl/α,β-unsaturated/α-hetero) is 1. The molecule has 0 spiro atoms. The van der Waals surface area contributed by atoms with Crippen LogP contribution < -0.4 is 4.74 Å². The molecule has 0 radical (unpaired) electrons. The summed E-state index contributed by atoms with van der Waals surface area (Å²) in [5.41, 5.74) is 1.50. The van der Waals surface area contributed by atoms with Crippen LogP contribution in [0.1, 0.15) is 29.3 Å². The topological polar surface area (TPSA) is 26.3 Å². The van der Waals surface area contributed by atoms with Crippen LogP contribution in [0.5, 0.6) is 5.75 Å². The molecule has 0 fully saturated rings. The number of hydrogen-bond donors (Lipinski definition) is 0. The standard InChI is InChI=1S/C11H13ClO2/c1-4-10(13)9-5-8(12)6-11(14-3)7(9)2/h5-6H,4H2,1-3H3. The molecule has 1 aromatic rings. The number of carbonyl (C=O) groups excluding carboxylic acids is 1. The third-order valence-corrected chi connectivity index (χ3v) is 2.38. The van der Waals surface area contributed by atoms with Crippen molar-refractivity contribution in [3.05, 3.63) is 28.3 Å². The van der Waals surface area contributed by atoms with Gasteiger partial charge in [0.05, 0.1) is 7.11 Å². The van der Waals surface area contributed by atoms with Crippen molar-refractivity contribution in [2.24, 2.45) is 0 Å². The molecule has 0 aromatic heterocycles. The van der Waals surface area contributed by atoms with Crippen LogP contribution in [0.15, 0.2) is 12.1 Å². The summed E-state index contributed by atoms with van der Waals surface area (Å²) in [5, 5.41) is 0.532. The minimum Gasteiger partial charge on any atom is -0.496 e. The van der Waals surface area contributed by atoms with Gasteiger partial charge >= 0.3 is 0 Å². The first-order valence-corrected chi connectivity index (χ1v) is 4.85. The van der Waals surface area contributed by atoms with Crippen molar-refractivity contribution in [2.75, 3.05) is 7.11 Å². The van der Waals surface area contributed by atoms with Gasteiger partial charge in [-0.2, -0.15) is 0 Å². The van der Waals surface area contributed by atoms with Crippen molar-refractivity contribution in [2.45, 2.75) is 20.3 Å². The second-order valence-corrected chi connectivity index (χ2v) is 3.49. The monoisotopic (exact) mass is 212 g/mol. The van der Waals surface area contributed by atoms with Crippen molar-refractivity contribution >= 4 is 17.4 Å². The van der Waals surface area contributed by atoms with Crippen molar-refractivity contribution in [3.8, 4) is 5.75 Å². The van der Waals surface area contributed by atoms with Crippen LogP contribution in [-0.4, -0.2) is 12.9 Å². The van der Waals surface area contributed by atoms with E-state index in [0.717, 1.165) is 5.56 Å². The molecule has 0 aliphatic carbocycles. The second kappa shape index (κ2) is 4.47. The van der Waals surface area contributed by atoms with Gasteiger partial charge in [-0.15, -0.1) is 0 Å². The molecule has 0 bridgehead atoms. The van der Waals surface area contributed by atoms with E-state index in [2.05, 4.69) is 0 Å². The maximum atomic E-state index is 11.5. The summed E-state index contributed by atoms with van der Waals surface area (Å²) in [6.45, 7) is 3.69. The molecule has 1 aromatic carbocycles. The molecule has 2 nitrogen and oxygen atoms in total. The van der Waals surface area contributed by atoms with E-state index in [9.17, 15) is 4.79 Å². The highest BCUT2D eigenvalue weighted by Crippen LogP contribution is 2.27. The van der Waals surface area contributed by atoms with Gasteiger partial charge < -0.3 is 4.74 Å². The summed E-state index contributed by atoms with van der Waals surface area (Å²) in [5.74, 6) is 0.748. The summed E-state index contributed by atoms with van der Waals surface area (Å²) in [6.07, 6.45) is 0.477. The molecule has 0 amide bonds. The van der Waals surface area contributed by atoms with Crippen LogP contribution >= 0.6 is 11.6 Å². The predicted octanol–water partition coefficient (Wildman–Crippen LogP) is 3.25. The van der Waals surface area contributed by atoms with Gasteiger partial charge in [-0.25, -0.2) is 0 Å². The van der Waals surface area contributed by atoms with Crippen LogP contribution in [0.2, 0.25) is 5.02 Å². The van der Waals surface area contributed by atoms with Gasteiger partial charge in [0.15, 0.2) is 5.78 Å². The minimum absolute atomic E-state index is 0.0864. The number of methoxy groups -OCH3 is 1. The first-order chi connectivity index (χ1) is 6.60. The number of ether oxygens (including phenoxy) is 1. The average Bonchev–Trinajstić information content (AvgIpc) is 2.19. The van der Waals surface area contributed by atoms with Crippen molar-refractivity contribution in [1.29, 1.82) is 0 Å². The van der Waals surface area contributed by atoms with E-state index in [0.29, 0.717) is 22.8 Å². The normalized spacial score (nSPS) is 10.0. The van der Waals surface area contributed by atoms with E-state index in [4.69, 9.17) is 16.3 Å². The Morgan fingerprint density at radius 2 is 2.14 bits per heavy atom. The Balaban J connectivity index is 3.29. The number of rotatable bonds is 3. The van der Waals surface area contributed by atoms with E-state index in [1.54, 1.807) is 19.2 Å². The summed E-state index contributed by atoms with van der Waals surface area (Å²) < 4.78 is 5.12. The Kier molecular flexibility index (Phi) is 3.53. The largest absolute Gasteiger partial charge is 0.496 e. The minimum atomic E-state index is 0.0864. The maximum absolute atomic E-state index is 11.5. The zero-order valence-electron chi connectivity index (χ0n) is 8.56. The fraction of sp³-hybridized carbons (Fsp3) is 0.364. The van der Waals surface area contributed by atoms with Gasteiger partial charge in [-0.1, -0.05) is 18.5 Å². The Morgan fingerprint density at radius 3 is 2.64 bits per heavy atom. The Labute approximate surface area is 88.8 Å². The molecule has 14 heavy (non-hydrogen) atoms. The number of ketones is 1. The van der Waals surface area contributed by atoms with Crippen LogP contribution in [0, 0.1) is 6.92 Å². The van der Waals surface area contributed by atoms with Gasteiger partial charge in [0.25, 0.3) is 0 Å². The highest BCUT2D eigenvalue weighted by atomic mass is 35.5. The number of hydrogen-bond acceptors (Lipinski definition) is 2. The van der Waals surface area contributed by atoms with E-state index in [1.807, 2.05) is 13.8 Å². The Bertz CT molecular complexity index is 359. The number of carbonyl (C=O) groups is 1. The SMILES string of the molecule is CCC(=O)c1cc(Cl)cc(OC)c1C. The fourth-order valence-corrected chi connectivity index (χ4v) is 1.55. The van der Waals surface area contributed by atoms with E-state index in [1.165, 1.54) is 0 Å². The van der Waals surface area contributed by atoms with E-state index in [-0.39, 0.29) is 5.78 Å². The molecule has 0 aliphatic rings. The predicted molar refractivity (Wildman–Crippen MR) is 57.4 cm³/mol. The van der Waals surface area contributed by atoms with Gasteiger partial charge in [-0.05, 0) is 19.1 Å². The first-order valence-electron chi connectivity index (χ1n) is 4.47. The molecule has 0 N–H and O–H groups in total. The quantitative estimate of drug-likeness (QED) is 0.719. The van der Waals surface area contributed by atoms with E-state index < -0.39 is 0 Å². The van der Waals surface area contributed by atoms with Gasteiger partial charge in [-0.3, -0.25) is 4.79 Å². The molecule has 76 valence electrons. The zero-order chi connectivity index (χ0) is 10.7. The first kappa shape index (κ1) is 11.1. The summed E-state index contributed by atoms with van der Waals surface area (Å²) in [6, 6.07) is 3.40. The lowest BCUT2D eigenvalue weighted by Crippen LogP contribution is -2.01. The second-order valence-electron chi connectivity index (χ2n) is 3.06. The molecule has 1 rings (SSSR count). The van der Waals surface area contributed by atoms with Crippen LogP contribution in [0.4, 0.5) is 0 Å². The molecule has 0 saturated carbocycles. The number of halogens is 1. The van der Waals surface area contributed by atoms with Crippen molar-refractivity contribution in [1.82, 2.24) is 0 Å². The van der Waals surface area contributed by atoms with Gasteiger partial charge in [0.1, 0.15) is 5.75 Å². The highest BCUT2D eigenvalue weighted by molar-refractivity contribution is 6.31. The molecular weight excluding hydrogens is 200 g/mol. The van der Waals surface area contributed by atoms with Crippen molar-refractivity contribution in [3.63, 3.8) is 0 Å². The molecular formula is C11H13ClO2. The third-order valence-electron chi connectivity index (χ3n) is 2.17. The van der Waals surface area contributed by atoms with E-state index >= 15 is 0 Å². The van der Waals surface area contributed by atoms with Crippen LogP contribution in [0.3, 0.4) is 0 Å². The molecule has 3 heteroatoms. The molecule has 0 heterocycles. The number of benzene rings is 1. The Morgan fingerprint density at radius 1 is 1.50 bits per heavy atom. The lowest BCUT2D eigenvalue weighted by atomic mass is 10.0. The zero-order valence-corrected chi connectivity index (χ0v) is 9.31. The van der Waals surface area contributed by atoms with Crippen molar-refractivity contribution < 1.29 is 9.53 Å². The van der Waals surface area contributed by atoms with Crippen LogP contribution in [-0.2, 0) is 0 Å². The summed E-state index contributed by atoms with van der Waals surface area (Å²) in [7, 11) is 1.57. The molecule has 0 saturated heterocycles. The lowest BCUT2D eigenvalue weighted by molar-refractivity contribution is 0.0987. The molecule has 0 atom stereocenters. The maximum Gasteiger partial charge on any atom is 0.163 e. The molecule has 0 aliphatic heterocycles. The van der Waals surface area contributed by atoms with Crippen LogP contribution in [0.25, 0.3) is 0 Å².